The Morgan fingerprint density at radius 1 is 1.00 bits per heavy atom. The molecular formula is C17H20O. The monoisotopic (exact) mass is 240 g/mol. The van der Waals surface area contributed by atoms with E-state index in [1.807, 2.05) is 18.2 Å². The minimum atomic E-state index is 0.336. The van der Waals surface area contributed by atoms with Crippen LogP contribution in [-0.2, 0) is 4.79 Å². The molecule has 18 heavy (non-hydrogen) atoms. The van der Waals surface area contributed by atoms with Crippen molar-refractivity contribution in [3.05, 3.63) is 41.5 Å². The van der Waals surface area contributed by atoms with Crippen LogP contribution >= 0.6 is 0 Å². The Balaban J connectivity index is 1.82. The molecule has 2 fully saturated rings. The van der Waals surface area contributed by atoms with Crippen LogP contribution in [-0.4, -0.2) is 5.78 Å². The number of carbonyl (C=O) groups excluding carboxylic acids is 1. The molecular weight excluding hydrogens is 220 g/mol. The first-order valence-corrected chi connectivity index (χ1v) is 7.14. The van der Waals surface area contributed by atoms with Gasteiger partial charge in [-0.25, -0.2) is 0 Å². The smallest absolute Gasteiger partial charge is 0.162 e. The van der Waals surface area contributed by atoms with E-state index in [0.29, 0.717) is 17.6 Å². The molecule has 0 saturated heterocycles. The molecule has 3 rings (SSSR count). The molecule has 1 nitrogen and oxygen atoms in total. The molecule has 0 radical (unpaired) electrons. The molecule has 0 N–H and O–H groups in total. The SMILES string of the molecule is O=C1/C(=C\c2ccccc2)CC[C@H]2CCCC[C@H]12. The van der Waals surface area contributed by atoms with Crippen molar-refractivity contribution in [3.8, 4) is 0 Å². The largest absolute Gasteiger partial charge is 0.294 e. The molecule has 0 bridgehead atoms. The van der Waals surface area contributed by atoms with Crippen LogP contribution in [0.5, 0.6) is 0 Å². The molecule has 1 aromatic rings. The summed E-state index contributed by atoms with van der Waals surface area (Å²) in [5.41, 5.74) is 2.22. The van der Waals surface area contributed by atoms with Crippen molar-refractivity contribution in [2.45, 2.75) is 38.5 Å². The van der Waals surface area contributed by atoms with Gasteiger partial charge in [-0.05, 0) is 48.8 Å². The predicted molar refractivity (Wildman–Crippen MR) is 74.1 cm³/mol. The summed E-state index contributed by atoms with van der Waals surface area (Å²) >= 11 is 0. The maximum Gasteiger partial charge on any atom is 0.162 e. The third-order valence-corrected chi connectivity index (χ3v) is 4.49. The number of Topliss-reactive ketones (excluding diaryl/α,β-unsaturated/α-hetero) is 1. The third-order valence-electron chi connectivity index (χ3n) is 4.49. The van der Waals surface area contributed by atoms with Crippen LogP contribution in [0.25, 0.3) is 6.08 Å². The summed E-state index contributed by atoms with van der Waals surface area (Å²) in [7, 11) is 0. The first-order valence-electron chi connectivity index (χ1n) is 7.14. The van der Waals surface area contributed by atoms with Gasteiger partial charge in [0.05, 0.1) is 0 Å². The van der Waals surface area contributed by atoms with Gasteiger partial charge in [0.2, 0.25) is 0 Å². The summed E-state index contributed by atoms with van der Waals surface area (Å²) in [4.78, 5) is 12.5. The lowest BCUT2D eigenvalue weighted by molar-refractivity contribution is -0.123. The highest BCUT2D eigenvalue weighted by Gasteiger charge is 2.35. The van der Waals surface area contributed by atoms with Crippen molar-refractivity contribution in [3.63, 3.8) is 0 Å². The van der Waals surface area contributed by atoms with Crippen LogP contribution in [0.4, 0.5) is 0 Å². The van der Waals surface area contributed by atoms with Crippen molar-refractivity contribution >= 4 is 11.9 Å². The first kappa shape index (κ1) is 11.7. The lowest BCUT2D eigenvalue weighted by atomic mass is 9.68. The maximum absolute atomic E-state index is 12.5. The molecule has 2 aliphatic carbocycles. The Morgan fingerprint density at radius 2 is 1.78 bits per heavy atom. The van der Waals surface area contributed by atoms with Crippen molar-refractivity contribution in [2.75, 3.05) is 0 Å². The van der Waals surface area contributed by atoms with Gasteiger partial charge in [0.15, 0.2) is 5.78 Å². The highest BCUT2D eigenvalue weighted by atomic mass is 16.1. The molecule has 2 saturated carbocycles. The van der Waals surface area contributed by atoms with E-state index in [1.54, 1.807) is 0 Å². The van der Waals surface area contributed by atoms with Gasteiger partial charge in [0.1, 0.15) is 0 Å². The topological polar surface area (TPSA) is 17.1 Å². The van der Waals surface area contributed by atoms with E-state index in [1.165, 1.54) is 25.7 Å². The highest BCUT2D eigenvalue weighted by molar-refractivity contribution is 6.02. The minimum Gasteiger partial charge on any atom is -0.294 e. The van der Waals surface area contributed by atoms with E-state index in [0.717, 1.165) is 24.0 Å². The summed E-state index contributed by atoms with van der Waals surface area (Å²) in [5, 5.41) is 0. The van der Waals surface area contributed by atoms with Crippen LogP contribution in [0.15, 0.2) is 35.9 Å². The van der Waals surface area contributed by atoms with Gasteiger partial charge in [0.25, 0.3) is 0 Å². The van der Waals surface area contributed by atoms with E-state index in [-0.39, 0.29) is 0 Å². The number of benzene rings is 1. The Kier molecular flexibility index (Phi) is 3.31. The third kappa shape index (κ3) is 2.27. The normalized spacial score (nSPS) is 30.2. The Bertz CT molecular complexity index is 458. The number of ketones is 1. The molecule has 1 aromatic carbocycles. The van der Waals surface area contributed by atoms with E-state index in [4.69, 9.17) is 0 Å². The first-order chi connectivity index (χ1) is 8.84. The van der Waals surface area contributed by atoms with Gasteiger partial charge < -0.3 is 0 Å². The summed E-state index contributed by atoms with van der Waals surface area (Å²) in [6.07, 6.45) is 9.26. The van der Waals surface area contributed by atoms with Crippen LogP contribution in [0.2, 0.25) is 0 Å². The minimum absolute atomic E-state index is 0.336. The number of rotatable bonds is 1. The fourth-order valence-electron chi connectivity index (χ4n) is 3.49. The zero-order chi connectivity index (χ0) is 12.4. The number of hydrogen-bond donors (Lipinski definition) is 0. The fraction of sp³-hybridized carbons (Fsp3) is 0.471. The van der Waals surface area contributed by atoms with Crippen LogP contribution in [0, 0.1) is 11.8 Å². The van der Waals surface area contributed by atoms with Crippen molar-refractivity contribution in [1.29, 1.82) is 0 Å². The molecule has 0 spiro atoms. The van der Waals surface area contributed by atoms with Crippen LogP contribution in [0.3, 0.4) is 0 Å². The molecule has 0 heterocycles. The van der Waals surface area contributed by atoms with E-state index in [2.05, 4.69) is 18.2 Å². The molecule has 0 amide bonds. The van der Waals surface area contributed by atoms with Gasteiger partial charge in [-0.1, -0.05) is 43.2 Å². The molecule has 2 atom stereocenters. The van der Waals surface area contributed by atoms with E-state index in [9.17, 15) is 4.79 Å². The number of hydrogen-bond acceptors (Lipinski definition) is 1. The molecule has 1 heteroatoms. The van der Waals surface area contributed by atoms with Gasteiger partial charge in [0, 0.05) is 5.92 Å². The summed E-state index contributed by atoms with van der Waals surface area (Å²) < 4.78 is 0. The van der Waals surface area contributed by atoms with E-state index >= 15 is 0 Å². The zero-order valence-electron chi connectivity index (χ0n) is 10.8. The highest BCUT2D eigenvalue weighted by Crippen LogP contribution is 2.40. The van der Waals surface area contributed by atoms with Crippen LogP contribution < -0.4 is 0 Å². The standard InChI is InChI=1S/C17H20O/c18-17-15(12-13-6-2-1-3-7-13)11-10-14-8-4-5-9-16(14)17/h1-3,6-7,12,14,16H,4-5,8-11H2/b15-12-/t14-,16+/m1/s1. The molecule has 94 valence electrons. The molecule has 0 aliphatic heterocycles. The Labute approximate surface area is 109 Å². The summed E-state index contributed by atoms with van der Waals surface area (Å²) in [6, 6.07) is 10.2. The van der Waals surface area contributed by atoms with Crippen molar-refractivity contribution < 1.29 is 4.79 Å². The van der Waals surface area contributed by atoms with Gasteiger partial charge in [-0.15, -0.1) is 0 Å². The number of fused-ring (bicyclic) bond motifs is 1. The van der Waals surface area contributed by atoms with Crippen molar-refractivity contribution in [2.24, 2.45) is 11.8 Å². The Hall–Kier alpha value is -1.37. The average Bonchev–Trinajstić information content (AvgIpc) is 2.43. The molecule has 0 aromatic heterocycles. The van der Waals surface area contributed by atoms with E-state index < -0.39 is 0 Å². The summed E-state index contributed by atoms with van der Waals surface area (Å²) in [6.45, 7) is 0. The van der Waals surface area contributed by atoms with Gasteiger partial charge in [-0.3, -0.25) is 4.79 Å². The van der Waals surface area contributed by atoms with Crippen LogP contribution in [0.1, 0.15) is 44.1 Å². The second kappa shape index (κ2) is 5.09. The Morgan fingerprint density at radius 3 is 2.61 bits per heavy atom. The zero-order valence-corrected chi connectivity index (χ0v) is 10.8. The lowest BCUT2D eigenvalue weighted by Crippen LogP contribution is -2.32. The molecule has 2 aliphatic rings. The summed E-state index contributed by atoms with van der Waals surface area (Å²) in [5.74, 6) is 1.46. The predicted octanol–water partition coefficient (Wildman–Crippen LogP) is 4.24. The molecule has 0 unspecified atom stereocenters. The quantitative estimate of drug-likeness (QED) is 0.671. The second-order valence-corrected chi connectivity index (χ2v) is 5.63. The van der Waals surface area contributed by atoms with Gasteiger partial charge in [-0.2, -0.15) is 0 Å². The van der Waals surface area contributed by atoms with Crippen molar-refractivity contribution in [1.82, 2.24) is 0 Å². The average molecular weight is 240 g/mol. The maximum atomic E-state index is 12.5. The van der Waals surface area contributed by atoms with Gasteiger partial charge >= 0.3 is 0 Å². The lowest BCUT2D eigenvalue weighted by Gasteiger charge is -2.35. The second-order valence-electron chi connectivity index (χ2n) is 5.63. The fourth-order valence-corrected chi connectivity index (χ4v) is 3.49. The number of carbonyl (C=O) groups is 1. The number of allylic oxidation sites excluding steroid dienone is 1.